The second kappa shape index (κ2) is 5.89. The lowest BCUT2D eigenvalue weighted by atomic mass is 10.1. The molecule has 0 saturated heterocycles. The third kappa shape index (κ3) is 2.89. The molecule has 0 aromatic heterocycles. The van der Waals surface area contributed by atoms with Crippen LogP contribution in [0.25, 0.3) is 0 Å². The average Bonchev–Trinajstić information content (AvgIpc) is 2.44. The molecule has 2 aromatic rings. The Labute approximate surface area is 121 Å². The van der Waals surface area contributed by atoms with Crippen LogP contribution < -0.4 is 5.73 Å². The molecule has 0 saturated carbocycles. The summed E-state index contributed by atoms with van der Waals surface area (Å²) < 4.78 is 12.5. The Bertz CT molecular complexity index is 717. The Morgan fingerprint density at radius 1 is 1.25 bits per heavy atom. The predicted octanol–water partition coefficient (Wildman–Crippen LogP) is 3.07. The minimum absolute atomic E-state index is 0.432. The fourth-order valence-electron chi connectivity index (χ4n) is 2.02. The summed E-state index contributed by atoms with van der Waals surface area (Å²) in [6.07, 6.45) is 0. The summed E-state index contributed by atoms with van der Waals surface area (Å²) in [6.45, 7) is 3.81. The van der Waals surface area contributed by atoms with Crippen molar-refractivity contribution in [2.45, 2.75) is 24.5 Å². The molecule has 2 aromatic carbocycles. The molecular formula is C16H16N2OS. The first-order chi connectivity index (χ1) is 9.52. The molecule has 1 atom stereocenters. The Hall–Kier alpha value is -2.12. The number of hydrogen-bond acceptors (Lipinski definition) is 3. The fraction of sp³-hybridized carbons (Fsp3) is 0.188. The van der Waals surface area contributed by atoms with E-state index < -0.39 is 10.8 Å². The van der Waals surface area contributed by atoms with Crippen LogP contribution in [-0.2, 0) is 16.6 Å². The molecule has 2 N–H and O–H groups in total. The predicted molar refractivity (Wildman–Crippen MR) is 81.6 cm³/mol. The van der Waals surface area contributed by atoms with Gasteiger partial charge in [-0.25, -0.2) is 0 Å². The monoisotopic (exact) mass is 284 g/mol. The molecule has 3 nitrogen and oxygen atoms in total. The molecule has 0 aliphatic heterocycles. The van der Waals surface area contributed by atoms with Gasteiger partial charge in [-0.3, -0.25) is 4.21 Å². The van der Waals surface area contributed by atoms with Crippen molar-refractivity contribution in [1.29, 1.82) is 5.26 Å². The van der Waals surface area contributed by atoms with Crippen molar-refractivity contribution in [3.63, 3.8) is 0 Å². The van der Waals surface area contributed by atoms with Crippen LogP contribution in [0.3, 0.4) is 0 Å². The van der Waals surface area contributed by atoms with Gasteiger partial charge in [-0.15, -0.1) is 0 Å². The molecule has 0 fully saturated rings. The number of rotatable bonds is 3. The second-order valence-corrected chi connectivity index (χ2v) is 6.13. The van der Waals surface area contributed by atoms with E-state index in [1.54, 1.807) is 6.07 Å². The summed E-state index contributed by atoms with van der Waals surface area (Å²) in [5.74, 6) is 0.432. The van der Waals surface area contributed by atoms with Crippen molar-refractivity contribution >= 4 is 16.5 Å². The zero-order valence-electron chi connectivity index (χ0n) is 11.5. The molecule has 4 heteroatoms. The maximum absolute atomic E-state index is 12.5. The minimum Gasteiger partial charge on any atom is -0.398 e. The van der Waals surface area contributed by atoms with Crippen molar-refractivity contribution in [1.82, 2.24) is 0 Å². The van der Waals surface area contributed by atoms with Gasteiger partial charge in [0.05, 0.1) is 28.2 Å². The van der Waals surface area contributed by atoms with Crippen LogP contribution in [0.1, 0.15) is 22.3 Å². The third-order valence-corrected chi connectivity index (χ3v) is 4.84. The van der Waals surface area contributed by atoms with Crippen LogP contribution in [0, 0.1) is 25.2 Å². The first kappa shape index (κ1) is 14.3. The molecule has 0 radical (unpaired) electrons. The molecule has 0 amide bonds. The van der Waals surface area contributed by atoms with E-state index in [4.69, 9.17) is 11.0 Å². The van der Waals surface area contributed by atoms with Crippen molar-refractivity contribution in [3.8, 4) is 6.07 Å². The number of nitrogens with zero attached hydrogens (tertiary/aromatic N) is 1. The van der Waals surface area contributed by atoms with Crippen LogP contribution in [0.2, 0.25) is 0 Å². The highest BCUT2D eigenvalue weighted by Crippen LogP contribution is 2.22. The lowest BCUT2D eigenvalue weighted by Gasteiger charge is -2.10. The van der Waals surface area contributed by atoms with E-state index in [-0.39, 0.29) is 0 Å². The number of nitriles is 1. The van der Waals surface area contributed by atoms with Gasteiger partial charge in [0.15, 0.2) is 0 Å². The molecule has 0 bridgehead atoms. The Morgan fingerprint density at radius 2 is 2.00 bits per heavy atom. The molecule has 102 valence electrons. The topological polar surface area (TPSA) is 66.9 Å². The Kier molecular flexibility index (Phi) is 4.21. The number of anilines is 1. The van der Waals surface area contributed by atoms with E-state index in [9.17, 15) is 4.21 Å². The van der Waals surface area contributed by atoms with Crippen molar-refractivity contribution in [2.75, 3.05) is 5.73 Å². The molecule has 0 spiro atoms. The summed E-state index contributed by atoms with van der Waals surface area (Å²) in [7, 11) is -1.14. The molecule has 2 rings (SSSR count). The lowest BCUT2D eigenvalue weighted by molar-refractivity contribution is 0.682. The van der Waals surface area contributed by atoms with Gasteiger partial charge in [0.25, 0.3) is 0 Å². The van der Waals surface area contributed by atoms with Gasteiger partial charge in [0, 0.05) is 10.6 Å². The smallest absolute Gasteiger partial charge is 0.0991 e. The van der Waals surface area contributed by atoms with E-state index in [1.807, 2.05) is 44.2 Å². The van der Waals surface area contributed by atoms with Gasteiger partial charge < -0.3 is 5.73 Å². The highest BCUT2D eigenvalue weighted by atomic mass is 32.2. The summed E-state index contributed by atoms with van der Waals surface area (Å²) in [4.78, 5) is 0.772. The molecule has 1 unspecified atom stereocenters. The number of nitrogen functional groups attached to an aromatic ring is 1. The quantitative estimate of drug-likeness (QED) is 0.881. The van der Waals surface area contributed by atoms with Crippen LogP contribution >= 0.6 is 0 Å². The first-order valence-electron chi connectivity index (χ1n) is 6.26. The first-order valence-corrected chi connectivity index (χ1v) is 7.58. The average molecular weight is 284 g/mol. The molecule has 20 heavy (non-hydrogen) atoms. The SMILES string of the molecule is Cc1cc(C#N)ccc1CS(=O)c1cccc(N)c1C. The van der Waals surface area contributed by atoms with Crippen LogP contribution in [0.5, 0.6) is 0 Å². The van der Waals surface area contributed by atoms with Crippen LogP contribution in [0.4, 0.5) is 5.69 Å². The normalized spacial score (nSPS) is 11.8. The molecule has 0 aliphatic carbocycles. The summed E-state index contributed by atoms with van der Waals surface area (Å²) in [5, 5.41) is 8.86. The highest BCUT2D eigenvalue weighted by molar-refractivity contribution is 7.84. The van der Waals surface area contributed by atoms with Crippen molar-refractivity contribution in [3.05, 3.63) is 58.7 Å². The van der Waals surface area contributed by atoms with Crippen molar-refractivity contribution < 1.29 is 4.21 Å². The van der Waals surface area contributed by atoms with Crippen molar-refractivity contribution in [2.24, 2.45) is 0 Å². The summed E-state index contributed by atoms with van der Waals surface area (Å²) in [5.41, 5.74) is 9.98. The Balaban J connectivity index is 2.29. The highest BCUT2D eigenvalue weighted by Gasteiger charge is 2.11. The number of aryl methyl sites for hydroxylation is 1. The van der Waals surface area contributed by atoms with E-state index in [2.05, 4.69) is 6.07 Å². The van der Waals surface area contributed by atoms with Gasteiger partial charge in [-0.2, -0.15) is 5.26 Å². The number of nitrogens with two attached hydrogens (primary N) is 1. The van der Waals surface area contributed by atoms with Gasteiger partial charge in [0.2, 0.25) is 0 Å². The maximum atomic E-state index is 12.5. The largest absolute Gasteiger partial charge is 0.398 e. The van der Waals surface area contributed by atoms with Gasteiger partial charge in [0.1, 0.15) is 0 Å². The van der Waals surface area contributed by atoms with E-state index in [0.717, 1.165) is 21.6 Å². The zero-order chi connectivity index (χ0) is 14.7. The van der Waals surface area contributed by atoms with E-state index >= 15 is 0 Å². The maximum Gasteiger partial charge on any atom is 0.0991 e. The Morgan fingerprint density at radius 3 is 2.65 bits per heavy atom. The third-order valence-electron chi connectivity index (χ3n) is 3.33. The summed E-state index contributed by atoms with van der Waals surface area (Å²) >= 11 is 0. The van der Waals surface area contributed by atoms with Crippen LogP contribution in [0.15, 0.2) is 41.3 Å². The molecule has 0 aliphatic rings. The van der Waals surface area contributed by atoms with Crippen LogP contribution in [-0.4, -0.2) is 4.21 Å². The van der Waals surface area contributed by atoms with E-state index in [1.165, 1.54) is 0 Å². The van der Waals surface area contributed by atoms with Gasteiger partial charge >= 0.3 is 0 Å². The number of hydrogen-bond donors (Lipinski definition) is 1. The second-order valence-electron chi connectivity index (χ2n) is 4.71. The standard InChI is InChI=1S/C16H16N2OS/c1-11-8-13(9-17)6-7-14(11)10-20(19)16-5-3-4-15(18)12(16)2/h3-8H,10,18H2,1-2H3. The zero-order valence-corrected chi connectivity index (χ0v) is 12.3. The molecule has 0 heterocycles. The fourth-order valence-corrected chi connectivity index (χ4v) is 3.48. The molecular weight excluding hydrogens is 268 g/mol. The minimum atomic E-state index is -1.14. The number of benzene rings is 2. The van der Waals surface area contributed by atoms with Gasteiger partial charge in [-0.05, 0) is 54.8 Å². The lowest BCUT2D eigenvalue weighted by Crippen LogP contribution is -2.02. The summed E-state index contributed by atoms with van der Waals surface area (Å²) in [6, 6.07) is 13.0. The van der Waals surface area contributed by atoms with E-state index in [0.29, 0.717) is 17.0 Å². The van der Waals surface area contributed by atoms with Gasteiger partial charge in [-0.1, -0.05) is 12.1 Å².